The van der Waals surface area contributed by atoms with Crippen molar-refractivity contribution in [1.29, 1.82) is 0 Å². The number of aromatic nitrogens is 2. The van der Waals surface area contributed by atoms with Crippen LogP contribution in [0.3, 0.4) is 0 Å². The molecule has 1 N–H and O–H groups in total. The third-order valence-corrected chi connectivity index (χ3v) is 2.83. The smallest absolute Gasteiger partial charge is 0.230 e. The van der Waals surface area contributed by atoms with Gasteiger partial charge in [-0.15, -0.1) is 0 Å². The zero-order valence-electron chi connectivity index (χ0n) is 9.00. The van der Waals surface area contributed by atoms with E-state index in [1.54, 1.807) is 0 Å². The normalized spacial score (nSPS) is 23.8. The third kappa shape index (κ3) is 1.80. The molecule has 0 aliphatic heterocycles. The largest absolute Gasteiger partial charge is 0.339 e. The lowest BCUT2D eigenvalue weighted by Crippen LogP contribution is -2.12. The van der Waals surface area contributed by atoms with Gasteiger partial charge < -0.3 is 9.84 Å². The summed E-state index contributed by atoms with van der Waals surface area (Å²) in [7, 11) is 0. The second-order valence-electron chi connectivity index (χ2n) is 4.57. The van der Waals surface area contributed by atoms with E-state index in [1.807, 2.05) is 0 Å². The Morgan fingerprint density at radius 3 is 2.86 bits per heavy atom. The van der Waals surface area contributed by atoms with Crippen molar-refractivity contribution in [3.63, 3.8) is 0 Å². The van der Waals surface area contributed by atoms with E-state index >= 15 is 0 Å². The Morgan fingerprint density at radius 1 is 1.57 bits per heavy atom. The summed E-state index contributed by atoms with van der Waals surface area (Å²) < 4.78 is 5.22. The predicted molar refractivity (Wildman–Crippen MR) is 52.8 cm³/mol. The van der Waals surface area contributed by atoms with Gasteiger partial charge in [0, 0.05) is 5.92 Å². The molecule has 0 bridgehead atoms. The van der Waals surface area contributed by atoms with E-state index in [1.165, 1.54) is 0 Å². The first-order chi connectivity index (χ1) is 6.63. The molecule has 1 atom stereocenters. The summed E-state index contributed by atoms with van der Waals surface area (Å²) in [6, 6.07) is 0. The SMILES string of the molecule is CCNCc1noc(C2CC2(C)C)n1. The molecule has 1 aromatic heterocycles. The molecule has 4 nitrogen and oxygen atoms in total. The van der Waals surface area contributed by atoms with Crippen molar-refractivity contribution in [3.8, 4) is 0 Å². The van der Waals surface area contributed by atoms with Gasteiger partial charge in [-0.1, -0.05) is 25.9 Å². The van der Waals surface area contributed by atoms with E-state index in [2.05, 4.69) is 36.2 Å². The average Bonchev–Trinajstić information content (AvgIpc) is 2.63. The van der Waals surface area contributed by atoms with Crippen LogP contribution in [0.15, 0.2) is 4.52 Å². The molecule has 0 amide bonds. The maximum atomic E-state index is 5.22. The Hall–Kier alpha value is -0.900. The molecule has 4 heteroatoms. The van der Waals surface area contributed by atoms with Crippen molar-refractivity contribution in [2.24, 2.45) is 5.41 Å². The van der Waals surface area contributed by atoms with Gasteiger partial charge in [0.05, 0.1) is 6.54 Å². The number of nitrogens with zero attached hydrogens (tertiary/aromatic N) is 2. The molecular formula is C10H17N3O. The lowest BCUT2D eigenvalue weighted by molar-refractivity contribution is 0.362. The van der Waals surface area contributed by atoms with E-state index in [9.17, 15) is 0 Å². The molecule has 1 fully saturated rings. The van der Waals surface area contributed by atoms with Crippen LogP contribution in [0.5, 0.6) is 0 Å². The molecule has 2 rings (SSSR count). The quantitative estimate of drug-likeness (QED) is 0.794. The first-order valence-corrected chi connectivity index (χ1v) is 5.16. The van der Waals surface area contributed by atoms with Gasteiger partial charge in [-0.05, 0) is 18.4 Å². The van der Waals surface area contributed by atoms with Gasteiger partial charge in [-0.25, -0.2) is 0 Å². The fourth-order valence-corrected chi connectivity index (χ4v) is 1.61. The lowest BCUT2D eigenvalue weighted by Gasteiger charge is -1.95. The molecule has 0 saturated heterocycles. The molecule has 1 heterocycles. The highest BCUT2D eigenvalue weighted by Crippen LogP contribution is 2.57. The van der Waals surface area contributed by atoms with Crippen molar-refractivity contribution < 1.29 is 4.52 Å². The molecule has 78 valence electrons. The second kappa shape index (κ2) is 3.35. The Balaban J connectivity index is 1.97. The fraction of sp³-hybridized carbons (Fsp3) is 0.800. The lowest BCUT2D eigenvalue weighted by atomic mass is 10.1. The molecule has 14 heavy (non-hydrogen) atoms. The summed E-state index contributed by atoms with van der Waals surface area (Å²) in [6.07, 6.45) is 1.16. The Kier molecular flexibility index (Phi) is 2.31. The highest BCUT2D eigenvalue weighted by Gasteiger charge is 2.50. The topological polar surface area (TPSA) is 51.0 Å². The number of hydrogen-bond donors (Lipinski definition) is 1. The third-order valence-electron chi connectivity index (χ3n) is 2.83. The fourth-order valence-electron chi connectivity index (χ4n) is 1.61. The van der Waals surface area contributed by atoms with Gasteiger partial charge in [0.1, 0.15) is 0 Å². The van der Waals surface area contributed by atoms with Crippen LogP contribution in [0.25, 0.3) is 0 Å². The minimum absolute atomic E-state index is 0.363. The minimum atomic E-state index is 0.363. The van der Waals surface area contributed by atoms with Crippen LogP contribution in [-0.4, -0.2) is 16.7 Å². The minimum Gasteiger partial charge on any atom is -0.339 e. The van der Waals surface area contributed by atoms with Crippen molar-refractivity contribution in [1.82, 2.24) is 15.5 Å². The first kappa shape index (κ1) is 9.65. The summed E-state index contributed by atoms with van der Waals surface area (Å²) in [5.41, 5.74) is 0.363. The summed E-state index contributed by atoms with van der Waals surface area (Å²) in [4.78, 5) is 4.37. The van der Waals surface area contributed by atoms with E-state index < -0.39 is 0 Å². The van der Waals surface area contributed by atoms with Crippen LogP contribution >= 0.6 is 0 Å². The van der Waals surface area contributed by atoms with Crippen LogP contribution in [0.2, 0.25) is 0 Å². The molecule has 1 saturated carbocycles. The Bertz CT molecular complexity index is 319. The molecule has 0 radical (unpaired) electrons. The maximum absolute atomic E-state index is 5.22. The summed E-state index contributed by atoms with van der Waals surface area (Å²) in [5, 5.41) is 7.10. The van der Waals surface area contributed by atoms with Crippen molar-refractivity contribution in [2.45, 2.75) is 39.7 Å². The predicted octanol–water partition coefficient (Wildman–Crippen LogP) is 1.69. The molecule has 1 aliphatic carbocycles. The number of hydrogen-bond acceptors (Lipinski definition) is 4. The summed E-state index contributed by atoms with van der Waals surface area (Å²) >= 11 is 0. The highest BCUT2D eigenvalue weighted by molar-refractivity contribution is 5.12. The maximum Gasteiger partial charge on any atom is 0.230 e. The van der Waals surface area contributed by atoms with Crippen LogP contribution in [0.4, 0.5) is 0 Å². The average molecular weight is 195 g/mol. The Labute approximate surface area is 84.1 Å². The van der Waals surface area contributed by atoms with Crippen molar-refractivity contribution >= 4 is 0 Å². The zero-order valence-corrected chi connectivity index (χ0v) is 9.00. The summed E-state index contributed by atoms with van der Waals surface area (Å²) in [5.74, 6) is 2.05. The molecule has 0 aromatic carbocycles. The van der Waals surface area contributed by atoms with Crippen LogP contribution in [0, 0.1) is 5.41 Å². The standard InChI is InChI=1S/C10H17N3O/c1-4-11-6-8-12-9(14-13-8)7-5-10(7,2)3/h7,11H,4-6H2,1-3H3. The van der Waals surface area contributed by atoms with Gasteiger partial charge in [0.25, 0.3) is 0 Å². The number of nitrogens with one attached hydrogen (secondary N) is 1. The monoisotopic (exact) mass is 195 g/mol. The van der Waals surface area contributed by atoms with Crippen molar-refractivity contribution in [2.75, 3.05) is 6.54 Å². The molecule has 1 aromatic rings. The molecule has 1 aliphatic rings. The van der Waals surface area contributed by atoms with Gasteiger partial charge >= 0.3 is 0 Å². The summed E-state index contributed by atoms with van der Waals surface area (Å²) in [6.45, 7) is 8.15. The van der Waals surface area contributed by atoms with Gasteiger partial charge in [0.2, 0.25) is 5.89 Å². The van der Waals surface area contributed by atoms with Crippen LogP contribution < -0.4 is 5.32 Å². The van der Waals surface area contributed by atoms with E-state index in [0.29, 0.717) is 17.9 Å². The zero-order chi connectivity index (χ0) is 10.2. The first-order valence-electron chi connectivity index (χ1n) is 5.16. The van der Waals surface area contributed by atoms with Crippen LogP contribution in [0.1, 0.15) is 44.8 Å². The van der Waals surface area contributed by atoms with Gasteiger partial charge in [-0.2, -0.15) is 4.98 Å². The van der Waals surface area contributed by atoms with Gasteiger partial charge in [-0.3, -0.25) is 0 Å². The molecular weight excluding hydrogens is 178 g/mol. The van der Waals surface area contributed by atoms with E-state index in [-0.39, 0.29) is 0 Å². The second-order valence-corrected chi connectivity index (χ2v) is 4.57. The Morgan fingerprint density at radius 2 is 2.29 bits per heavy atom. The highest BCUT2D eigenvalue weighted by atomic mass is 16.5. The van der Waals surface area contributed by atoms with E-state index in [4.69, 9.17) is 4.52 Å². The van der Waals surface area contributed by atoms with Gasteiger partial charge in [0.15, 0.2) is 5.82 Å². The van der Waals surface area contributed by atoms with Crippen LogP contribution in [-0.2, 0) is 6.54 Å². The van der Waals surface area contributed by atoms with Crippen molar-refractivity contribution in [3.05, 3.63) is 11.7 Å². The molecule has 1 unspecified atom stereocenters. The number of rotatable bonds is 4. The van der Waals surface area contributed by atoms with E-state index in [0.717, 1.165) is 24.7 Å². The molecule has 0 spiro atoms.